The Kier molecular flexibility index (Phi) is 5.93. The smallest absolute Gasteiger partial charge is 0.0428 e. The summed E-state index contributed by atoms with van der Waals surface area (Å²) in [5.74, 6) is 0. The molecule has 0 aromatic carbocycles. The Morgan fingerprint density at radius 1 is 1.29 bits per heavy atom. The zero-order chi connectivity index (χ0) is 5.54. The fraction of sp³-hybridized carbons (Fsp3) is 1.00. The molecule has 1 aliphatic rings. The average molecular weight is 102 g/mol. The summed E-state index contributed by atoms with van der Waals surface area (Å²) in [7, 11) is 0. The molecule has 44 valence electrons. The first-order chi connectivity index (χ1) is 3.41. The summed E-state index contributed by atoms with van der Waals surface area (Å²) in [6.07, 6.45) is 5.38. The zero-order valence-corrected chi connectivity index (χ0v) is 4.98. The summed E-state index contributed by atoms with van der Waals surface area (Å²) in [5.41, 5.74) is 0. The van der Waals surface area contributed by atoms with Crippen LogP contribution in [-0.2, 0) is 0 Å². The van der Waals surface area contributed by atoms with Crippen molar-refractivity contribution in [1.29, 1.82) is 0 Å². The van der Waals surface area contributed by atoms with Crippen molar-refractivity contribution in [2.24, 2.45) is 0 Å². The van der Waals surface area contributed by atoms with Crippen molar-refractivity contribution < 1.29 is 5.11 Å². The number of aliphatic hydroxyl groups excluding tert-OH is 1. The first-order valence-electron chi connectivity index (χ1n) is 3.02. The highest BCUT2D eigenvalue weighted by Crippen LogP contribution is 2.14. The van der Waals surface area contributed by atoms with Gasteiger partial charge >= 0.3 is 0 Å². The van der Waals surface area contributed by atoms with Gasteiger partial charge in [-0.15, -0.1) is 0 Å². The van der Waals surface area contributed by atoms with Crippen LogP contribution in [0.1, 0.15) is 32.6 Å². The molecule has 1 rings (SSSR count). The highest BCUT2D eigenvalue weighted by molar-refractivity contribution is 4.50. The maximum absolute atomic E-state index is 7.88. The van der Waals surface area contributed by atoms with Gasteiger partial charge in [-0.3, -0.25) is 0 Å². The SMILES string of the molecule is C1CC1.CCCO. The number of hydrogen-bond donors (Lipinski definition) is 1. The molecule has 1 nitrogen and oxygen atoms in total. The van der Waals surface area contributed by atoms with E-state index in [1.165, 1.54) is 19.3 Å². The minimum absolute atomic E-state index is 0.319. The second kappa shape index (κ2) is 5.96. The molecule has 0 saturated heterocycles. The predicted octanol–water partition coefficient (Wildman–Crippen LogP) is 1.56. The molecule has 0 radical (unpaired) electrons. The van der Waals surface area contributed by atoms with Crippen LogP contribution >= 0.6 is 0 Å². The Morgan fingerprint density at radius 2 is 1.57 bits per heavy atom. The third-order valence-corrected chi connectivity index (χ3v) is 0.577. The normalized spacial score (nSPS) is 14.6. The average Bonchev–Trinajstić information content (AvgIpc) is 2.47. The van der Waals surface area contributed by atoms with Gasteiger partial charge in [0.2, 0.25) is 0 Å². The second-order valence-corrected chi connectivity index (χ2v) is 1.78. The zero-order valence-electron chi connectivity index (χ0n) is 4.98. The van der Waals surface area contributed by atoms with Gasteiger partial charge in [0, 0.05) is 6.61 Å². The lowest BCUT2D eigenvalue weighted by Gasteiger charge is -1.69. The molecule has 0 amide bonds. The van der Waals surface area contributed by atoms with E-state index in [9.17, 15) is 0 Å². The van der Waals surface area contributed by atoms with Gasteiger partial charge in [0.05, 0.1) is 0 Å². The molecule has 1 saturated carbocycles. The second-order valence-electron chi connectivity index (χ2n) is 1.78. The fourth-order valence-electron chi connectivity index (χ4n) is 0. The maximum atomic E-state index is 7.88. The standard InChI is InChI=1S/C3H8O.C3H6/c1-2-3-4;1-2-3-1/h4H,2-3H2,1H3;1-3H2. The van der Waals surface area contributed by atoms with Crippen LogP contribution in [-0.4, -0.2) is 11.7 Å². The Hall–Kier alpha value is -0.0400. The van der Waals surface area contributed by atoms with Crippen molar-refractivity contribution in [1.82, 2.24) is 0 Å². The van der Waals surface area contributed by atoms with E-state index < -0.39 is 0 Å². The van der Waals surface area contributed by atoms with Crippen LogP contribution in [0, 0.1) is 0 Å². The Bertz CT molecular complexity index is 20.6. The molecule has 0 aromatic rings. The van der Waals surface area contributed by atoms with Gasteiger partial charge in [-0.2, -0.15) is 0 Å². The number of aliphatic hydroxyl groups is 1. The number of rotatable bonds is 1. The fourth-order valence-corrected chi connectivity index (χ4v) is 0. The van der Waals surface area contributed by atoms with Gasteiger partial charge < -0.3 is 5.11 Å². The lowest BCUT2D eigenvalue weighted by Crippen LogP contribution is -1.69. The van der Waals surface area contributed by atoms with Crippen molar-refractivity contribution in [3.05, 3.63) is 0 Å². The van der Waals surface area contributed by atoms with Crippen molar-refractivity contribution >= 4 is 0 Å². The third-order valence-electron chi connectivity index (χ3n) is 0.577. The van der Waals surface area contributed by atoms with Gasteiger partial charge in [-0.25, -0.2) is 0 Å². The molecule has 7 heavy (non-hydrogen) atoms. The highest BCUT2D eigenvalue weighted by atomic mass is 16.2. The monoisotopic (exact) mass is 102 g/mol. The molecule has 0 aliphatic heterocycles. The van der Waals surface area contributed by atoms with Crippen LogP contribution in [0.15, 0.2) is 0 Å². The molecule has 1 fully saturated rings. The van der Waals surface area contributed by atoms with Crippen molar-refractivity contribution in [3.8, 4) is 0 Å². The molecule has 0 unspecified atom stereocenters. The molecule has 1 aliphatic carbocycles. The quantitative estimate of drug-likeness (QED) is 0.532. The molecule has 0 spiro atoms. The van der Waals surface area contributed by atoms with E-state index in [-0.39, 0.29) is 0 Å². The molecule has 0 aromatic heterocycles. The molecule has 0 heterocycles. The lowest BCUT2D eigenvalue weighted by molar-refractivity contribution is 0.295. The van der Waals surface area contributed by atoms with E-state index in [4.69, 9.17) is 5.11 Å². The lowest BCUT2D eigenvalue weighted by atomic mass is 10.5. The molecule has 1 N–H and O–H groups in total. The van der Waals surface area contributed by atoms with Gasteiger partial charge in [0.15, 0.2) is 0 Å². The van der Waals surface area contributed by atoms with E-state index in [0.717, 1.165) is 6.42 Å². The molecular weight excluding hydrogens is 88.1 g/mol. The first kappa shape index (κ1) is 6.96. The van der Waals surface area contributed by atoms with Crippen LogP contribution in [0.2, 0.25) is 0 Å². The highest BCUT2D eigenvalue weighted by Gasteiger charge is 1.95. The van der Waals surface area contributed by atoms with Crippen LogP contribution in [0.3, 0.4) is 0 Å². The minimum atomic E-state index is 0.319. The minimum Gasteiger partial charge on any atom is -0.396 e. The summed E-state index contributed by atoms with van der Waals surface area (Å²) in [4.78, 5) is 0. The molecule has 0 bridgehead atoms. The third kappa shape index (κ3) is 24.3. The predicted molar refractivity (Wildman–Crippen MR) is 31.2 cm³/mol. The van der Waals surface area contributed by atoms with E-state index in [2.05, 4.69) is 0 Å². The largest absolute Gasteiger partial charge is 0.396 e. The Morgan fingerprint density at radius 3 is 1.57 bits per heavy atom. The van der Waals surface area contributed by atoms with Crippen molar-refractivity contribution in [2.45, 2.75) is 32.6 Å². The summed E-state index contributed by atoms with van der Waals surface area (Å²) in [6, 6.07) is 0. The van der Waals surface area contributed by atoms with Crippen LogP contribution in [0.25, 0.3) is 0 Å². The van der Waals surface area contributed by atoms with E-state index in [1.807, 2.05) is 6.92 Å². The van der Waals surface area contributed by atoms with Gasteiger partial charge in [-0.05, 0) is 6.42 Å². The first-order valence-corrected chi connectivity index (χ1v) is 3.02. The summed E-state index contributed by atoms with van der Waals surface area (Å²) >= 11 is 0. The van der Waals surface area contributed by atoms with E-state index >= 15 is 0 Å². The molecule has 0 atom stereocenters. The topological polar surface area (TPSA) is 20.2 Å². The Labute approximate surface area is 45.4 Å². The van der Waals surface area contributed by atoms with Gasteiger partial charge in [-0.1, -0.05) is 26.2 Å². The summed E-state index contributed by atoms with van der Waals surface area (Å²) < 4.78 is 0. The summed E-state index contributed by atoms with van der Waals surface area (Å²) in [5, 5.41) is 7.88. The van der Waals surface area contributed by atoms with E-state index in [1.54, 1.807) is 0 Å². The van der Waals surface area contributed by atoms with Gasteiger partial charge in [0.1, 0.15) is 0 Å². The molecular formula is C6H14O. The van der Waals surface area contributed by atoms with E-state index in [0.29, 0.717) is 6.61 Å². The van der Waals surface area contributed by atoms with Gasteiger partial charge in [0.25, 0.3) is 0 Å². The molecule has 1 heteroatoms. The van der Waals surface area contributed by atoms with Crippen molar-refractivity contribution in [2.75, 3.05) is 6.61 Å². The maximum Gasteiger partial charge on any atom is 0.0428 e. The van der Waals surface area contributed by atoms with Crippen LogP contribution in [0.5, 0.6) is 0 Å². The van der Waals surface area contributed by atoms with Crippen LogP contribution in [0.4, 0.5) is 0 Å². The summed E-state index contributed by atoms with van der Waals surface area (Å²) in [6.45, 7) is 2.25. The van der Waals surface area contributed by atoms with Crippen molar-refractivity contribution in [3.63, 3.8) is 0 Å². The van der Waals surface area contributed by atoms with Crippen LogP contribution < -0.4 is 0 Å². The Balaban J connectivity index is 0.000000105. The number of hydrogen-bond acceptors (Lipinski definition) is 1.